The van der Waals surface area contributed by atoms with Crippen molar-refractivity contribution < 1.29 is 9.90 Å². The van der Waals surface area contributed by atoms with Crippen LogP contribution >= 0.6 is 0 Å². The largest absolute Gasteiger partial charge is 0.481 e. The Morgan fingerprint density at radius 1 is 1.27 bits per heavy atom. The Kier molecular flexibility index (Phi) is 2.06. The molecule has 0 aromatic carbocycles. The summed E-state index contributed by atoms with van der Waals surface area (Å²) in [6.07, 6.45) is 7.13. The quantitative estimate of drug-likeness (QED) is 0.753. The topological polar surface area (TPSA) is 40.5 Å². The van der Waals surface area contributed by atoms with Gasteiger partial charge < -0.3 is 5.11 Å². The van der Waals surface area contributed by atoms with Crippen LogP contribution in [0.25, 0.3) is 0 Å². The maximum absolute atomic E-state index is 10.9. The molecule has 0 bridgehead atoms. The number of aliphatic carboxylic acids is 1. The zero-order chi connectivity index (χ0) is 10.5. The molecule has 3 fully saturated rings. The summed E-state index contributed by atoms with van der Waals surface area (Å²) >= 11 is 0. The van der Waals surface area contributed by atoms with Crippen LogP contribution in [0.1, 0.15) is 38.5 Å². The molecule has 1 aliphatic heterocycles. The number of hydrogen-bond acceptors (Lipinski definition) is 2. The highest BCUT2D eigenvalue weighted by Crippen LogP contribution is 2.50. The zero-order valence-corrected chi connectivity index (χ0v) is 9.11. The van der Waals surface area contributed by atoms with Crippen molar-refractivity contribution in [2.45, 2.75) is 44.6 Å². The molecule has 1 spiro atoms. The van der Waals surface area contributed by atoms with Crippen LogP contribution < -0.4 is 0 Å². The maximum atomic E-state index is 10.9. The summed E-state index contributed by atoms with van der Waals surface area (Å²) in [5.41, 5.74) is 0.682. The van der Waals surface area contributed by atoms with Gasteiger partial charge in [-0.1, -0.05) is 6.42 Å². The van der Waals surface area contributed by atoms with E-state index in [4.69, 9.17) is 5.11 Å². The van der Waals surface area contributed by atoms with E-state index < -0.39 is 5.97 Å². The first-order valence-corrected chi connectivity index (χ1v) is 6.15. The Balaban J connectivity index is 1.51. The van der Waals surface area contributed by atoms with E-state index in [1.165, 1.54) is 32.4 Å². The van der Waals surface area contributed by atoms with E-state index in [0.29, 0.717) is 11.5 Å². The van der Waals surface area contributed by atoms with Crippen LogP contribution in [0.2, 0.25) is 0 Å². The summed E-state index contributed by atoms with van der Waals surface area (Å²) in [5.74, 6) is -0.649. The van der Waals surface area contributed by atoms with E-state index in [1.54, 1.807) is 0 Å². The Labute approximate surface area is 90.5 Å². The molecule has 15 heavy (non-hydrogen) atoms. The van der Waals surface area contributed by atoms with Gasteiger partial charge in [0.1, 0.15) is 0 Å². The van der Waals surface area contributed by atoms with Crippen molar-refractivity contribution in [1.29, 1.82) is 0 Å². The number of nitrogens with zero attached hydrogens (tertiary/aromatic N) is 1. The van der Waals surface area contributed by atoms with Gasteiger partial charge in [-0.05, 0) is 37.5 Å². The summed E-state index contributed by atoms with van der Waals surface area (Å²) in [6.45, 7) is 2.51. The first-order valence-electron chi connectivity index (χ1n) is 6.15. The molecular formula is C12H19NO2. The third-order valence-corrected chi connectivity index (χ3v) is 4.76. The van der Waals surface area contributed by atoms with Crippen LogP contribution in [0.4, 0.5) is 0 Å². The molecule has 2 atom stereocenters. The average molecular weight is 209 g/mol. The van der Waals surface area contributed by atoms with E-state index in [2.05, 4.69) is 4.90 Å². The van der Waals surface area contributed by atoms with Gasteiger partial charge in [-0.3, -0.25) is 9.69 Å². The smallest absolute Gasteiger partial charge is 0.306 e. The lowest BCUT2D eigenvalue weighted by Gasteiger charge is -2.58. The second-order valence-electron chi connectivity index (χ2n) is 5.76. The fraction of sp³-hybridized carbons (Fsp3) is 0.917. The fourth-order valence-electron chi connectivity index (χ4n) is 3.58. The number of hydrogen-bond donors (Lipinski definition) is 1. The predicted octanol–water partition coefficient (Wildman–Crippen LogP) is 1.73. The molecule has 0 aromatic heterocycles. The average Bonchev–Trinajstić information content (AvgIpc) is 2.47. The van der Waals surface area contributed by atoms with Gasteiger partial charge in [-0.2, -0.15) is 0 Å². The second-order valence-corrected chi connectivity index (χ2v) is 5.76. The van der Waals surface area contributed by atoms with Gasteiger partial charge in [-0.15, -0.1) is 0 Å². The lowest BCUT2D eigenvalue weighted by molar-refractivity contribution is -0.141. The lowest BCUT2D eigenvalue weighted by Crippen LogP contribution is -2.62. The van der Waals surface area contributed by atoms with Crippen molar-refractivity contribution >= 4 is 5.97 Å². The highest BCUT2D eigenvalue weighted by Gasteiger charge is 2.50. The number of likely N-dealkylation sites (tertiary alicyclic amines) is 1. The van der Waals surface area contributed by atoms with Gasteiger partial charge in [0, 0.05) is 19.1 Å². The number of rotatable bonds is 2. The highest BCUT2D eigenvalue weighted by molar-refractivity contribution is 5.70. The number of carboxylic acids is 1. The van der Waals surface area contributed by atoms with Crippen LogP contribution in [0, 0.1) is 11.3 Å². The van der Waals surface area contributed by atoms with Crippen molar-refractivity contribution in [1.82, 2.24) is 4.90 Å². The summed E-state index contributed by atoms with van der Waals surface area (Å²) in [5, 5.41) is 8.95. The van der Waals surface area contributed by atoms with Crippen molar-refractivity contribution in [3.05, 3.63) is 0 Å². The molecule has 0 radical (unpaired) electrons. The van der Waals surface area contributed by atoms with Gasteiger partial charge in [0.2, 0.25) is 0 Å². The molecule has 3 nitrogen and oxygen atoms in total. The van der Waals surface area contributed by atoms with Crippen LogP contribution in [0.15, 0.2) is 0 Å². The standard InChI is InChI=1S/C12H19NO2/c14-11(15)9-2-3-10(6-9)13-7-12(8-13)4-1-5-12/h9-10H,1-8H2,(H,14,15)/t9-,10+/m1/s1. The second kappa shape index (κ2) is 3.21. The van der Waals surface area contributed by atoms with Crippen LogP contribution in [-0.2, 0) is 4.79 Å². The number of carbonyl (C=O) groups is 1. The van der Waals surface area contributed by atoms with E-state index >= 15 is 0 Å². The van der Waals surface area contributed by atoms with Crippen LogP contribution in [0.3, 0.4) is 0 Å². The first-order chi connectivity index (χ1) is 7.19. The normalized spacial score (nSPS) is 38.7. The Morgan fingerprint density at radius 3 is 2.47 bits per heavy atom. The summed E-state index contributed by atoms with van der Waals surface area (Å²) in [6, 6.07) is 0.581. The SMILES string of the molecule is O=C(O)[C@@H]1CC[C@H](N2CC3(CCC3)C2)C1. The van der Waals surface area contributed by atoms with Gasteiger partial charge >= 0.3 is 5.97 Å². The molecule has 1 saturated heterocycles. The first kappa shape index (κ1) is 9.64. The third kappa shape index (κ3) is 1.48. The minimum absolute atomic E-state index is 0.0621. The Hall–Kier alpha value is -0.570. The Morgan fingerprint density at radius 2 is 2.00 bits per heavy atom. The molecule has 1 heterocycles. The van der Waals surface area contributed by atoms with Gasteiger partial charge in [0.25, 0.3) is 0 Å². The molecule has 2 aliphatic carbocycles. The third-order valence-electron chi connectivity index (χ3n) is 4.76. The summed E-state index contributed by atoms with van der Waals surface area (Å²) in [7, 11) is 0. The minimum atomic E-state index is -0.587. The van der Waals surface area contributed by atoms with Gasteiger partial charge in [-0.25, -0.2) is 0 Å². The van der Waals surface area contributed by atoms with Crippen molar-refractivity contribution in [2.75, 3.05) is 13.1 Å². The van der Waals surface area contributed by atoms with E-state index in [1.807, 2.05) is 0 Å². The van der Waals surface area contributed by atoms with Crippen molar-refractivity contribution in [3.8, 4) is 0 Å². The predicted molar refractivity (Wildman–Crippen MR) is 56.6 cm³/mol. The van der Waals surface area contributed by atoms with Gasteiger partial charge in [0.15, 0.2) is 0 Å². The minimum Gasteiger partial charge on any atom is -0.481 e. The molecule has 3 aliphatic rings. The van der Waals surface area contributed by atoms with E-state index in [9.17, 15) is 4.79 Å². The molecule has 1 N–H and O–H groups in total. The molecule has 0 aromatic rings. The highest BCUT2D eigenvalue weighted by atomic mass is 16.4. The van der Waals surface area contributed by atoms with Crippen molar-refractivity contribution in [3.63, 3.8) is 0 Å². The fourth-order valence-corrected chi connectivity index (χ4v) is 3.58. The van der Waals surface area contributed by atoms with Crippen molar-refractivity contribution in [2.24, 2.45) is 11.3 Å². The van der Waals surface area contributed by atoms with E-state index in [-0.39, 0.29) is 5.92 Å². The molecular weight excluding hydrogens is 190 g/mol. The monoisotopic (exact) mass is 209 g/mol. The molecule has 3 rings (SSSR count). The number of carboxylic acid groups (broad SMARTS) is 1. The summed E-state index contributed by atoms with van der Waals surface area (Å²) < 4.78 is 0. The van der Waals surface area contributed by atoms with Crippen LogP contribution in [-0.4, -0.2) is 35.1 Å². The maximum Gasteiger partial charge on any atom is 0.306 e. The Bertz CT molecular complexity index is 277. The zero-order valence-electron chi connectivity index (χ0n) is 9.11. The molecule has 84 valence electrons. The molecule has 2 saturated carbocycles. The van der Waals surface area contributed by atoms with Gasteiger partial charge in [0.05, 0.1) is 5.92 Å². The summed E-state index contributed by atoms with van der Waals surface area (Å²) in [4.78, 5) is 13.4. The van der Waals surface area contributed by atoms with E-state index in [0.717, 1.165) is 19.3 Å². The molecule has 3 heteroatoms. The molecule has 0 unspecified atom stereocenters. The van der Waals surface area contributed by atoms with Crippen LogP contribution in [0.5, 0.6) is 0 Å². The molecule has 0 amide bonds. The lowest BCUT2D eigenvalue weighted by atomic mass is 9.63.